The summed E-state index contributed by atoms with van der Waals surface area (Å²) in [5.74, 6) is -6.82. The van der Waals surface area contributed by atoms with Gasteiger partial charge in [-0.3, -0.25) is 0 Å². The number of nitrogens with zero attached hydrogens (tertiary/aromatic N) is 1. The zero-order chi connectivity index (χ0) is 17.8. The molecular weight excluding hydrogens is 332 g/mol. The van der Waals surface area contributed by atoms with E-state index in [0.29, 0.717) is 0 Å². The fourth-order valence-corrected chi connectivity index (χ4v) is 2.48. The van der Waals surface area contributed by atoms with Gasteiger partial charge in [0.05, 0.1) is 12.3 Å². The van der Waals surface area contributed by atoms with Gasteiger partial charge in [-0.15, -0.1) is 0 Å². The first-order valence-electron chi connectivity index (χ1n) is 6.42. The predicted octanol–water partition coefficient (Wildman–Crippen LogP) is 1.73. The molecule has 4 nitrogen and oxygen atoms in total. The van der Waals surface area contributed by atoms with E-state index in [1.54, 1.807) is 0 Å². The molecule has 130 valence electrons. The molecule has 3 atom stereocenters. The lowest BCUT2D eigenvalue weighted by Gasteiger charge is -2.48. The van der Waals surface area contributed by atoms with E-state index in [1.165, 1.54) is 24.7 Å². The highest BCUT2D eigenvalue weighted by Gasteiger charge is 2.72. The van der Waals surface area contributed by atoms with Gasteiger partial charge in [0.25, 0.3) is 0 Å². The Morgan fingerprint density at radius 2 is 1.70 bits per heavy atom. The van der Waals surface area contributed by atoms with E-state index in [0.717, 1.165) is 12.2 Å². The standard InChI is InChI=1S/C13H14F6NO3/c1-20(2)7-3-4-8-9(5-7)23-11(22,13(17,18)19)6-10(8,21)12(14,15)16/h3-5,8,21-22H,6H2,1-2H3/q+1/t8?,10-,11+/m1/s1. The molecule has 0 aromatic rings. The molecule has 0 amide bonds. The second kappa shape index (κ2) is 4.97. The highest BCUT2D eigenvalue weighted by Crippen LogP contribution is 2.54. The molecule has 0 saturated carbocycles. The van der Waals surface area contributed by atoms with E-state index < -0.39 is 41.8 Å². The molecule has 1 saturated heterocycles. The van der Waals surface area contributed by atoms with E-state index in [2.05, 4.69) is 4.74 Å². The van der Waals surface area contributed by atoms with Crippen LogP contribution in [0.25, 0.3) is 0 Å². The van der Waals surface area contributed by atoms with E-state index >= 15 is 0 Å². The Labute approximate surface area is 127 Å². The summed E-state index contributed by atoms with van der Waals surface area (Å²) in [5.41, 5.74) is -3.55. The van der Waals surface area contributed by atoms with Gasteiger partial charge >= 0.3 is 18.1 Å². The largest absolute Gasteiger partial charge is 0.457 e. The van der Waals surface area contributed by atoms with Crippen molar-refractivity contribution in [3.63, 3.8) is 0 Å². The number of rotatable bonds is 0. The maximum atomic E-state index is 13.2. The molecule has 23 heavy (non-hydrogen) atoms. The van der Waals surface area contributed by atoms with Crippen LogP contribution in [0.15, 0.2) is 24.0 Å². The van der Waals surface area contributed by atoms with Crippen molar-refractivity contribution in [1.29, 1.82) is 0 Å². The van der Waals surface area contributed by atoms with Crippen molar-refractivity contribution >= 4 is 5.71 Å². The summed E-state index contributed by atoms with van der Waals surface area (Å²) >= 11 is 0. The lowest BCUT2D eigenvalue weighted by molar-refractivity contribution is -0.463. The average molecular weight is 346 g/mol. The first-order chi connectivity index (χ1) is 10.2. The summed E-state index contributed by atoms with van der Waals surface area (Å²) in [6.45, 7) is 0. The van der Waals surface area contributed by atoms with Gasteiger partial charge in [0, 0.05) is 12.2 Å². The van der Waals surface area contributed by atoms with Crippen LogP contribution in [0.1, 0.15) is 6.42 Å². The number of aliphatic hydroxyl groups is 2. The summed E-state index contributed by atoms with van der Waals surface area (Å²) < 4.78 is 84.4. The summed E-state index contributed by atoms with van der Waals surface area (Å²) in [7, 11) is 3.04. The molecule has 1 unspecified atom stereocenters. The van der Waals surface area contributed by atoms with E-state index in [9.17, 15) is 36.6 Å². The monoisotopic (exact) mass is 346 g/mol. The summed E-state index contributed by atoms with van der Waals surface area (Å²) in [5, 5.41) is 19.5. The Morgan fingerprint density at radius 3 is 2.13 bits per heavy atom. The Bertz CT molecular complexity index is 602. The molecule has 0 radical (unpaired) electrons. The van der Waals surface area contributed by atoms with Gasteiger partial charge in [-0.05, 0) is 0 Å². The Hall–Kier alpha value is -1.55. The summed E-state index contributed by atoms with van der Waals surface area (Å²) in [6, 6.07) is 0. The number of alkyl halides is 6. The van der Waals surface area contributed by atoms with Gasteiger partial charge in [-0.2, -0.15) is 26.3 Å². The van der Waals surface area contributed by atoms with Crippen molar-refractivity contribution in [2.75, 3.05) is 14.1 Å². The van der Waals surface area contributed by atoms with E-state index in [-0.39, 0.29) is 5.71 Å². The predicted molar refractivity (Wildman–Crippen MR) is 65.5 cm³/mol. The third-order valence-corrected chi connectivity index (χ3v) is 3.82. The minimum absolute atomic E-state index is 0.257. The molecule has 1 aliphatic heterocycles. The van der Waals surface area contributed by atoms with Crippen molar-refractivity contribution < 1.29 is 45.9 Å². The van der Waals surface area contributed by atoms with E-state index in [1.807, 2.05) is 0 Å². The van der Waals surface area contributed by atoms with Gasteiger partial charge in [-0.25, -0.2) is 4.58 Å². The zero-order valence-corrected chi connectivity index (χ0v) is 12.0. The molecule has 0 spiro atoms. The van der Waals surface area contributed by atoms with Crippen molar-refractivity contribution in [3.8, 4) is 0 Å². The molecule has 0 aromatic heterocycles. The van der Waals surface area contributed by atoms with Crippen molar-refractivity contribution in [2.24, 2.45) is 5.92 Å². The molecule has 0 aromatic carbocycles. The molecule has 2 N–H and O–H groups in total. The minimum Gasteiger partial charge on any atom is -0.457 e. The Balaban J connectivity index is 2.62. The smallest absolute Gasteiger partial charge is 0.455 e. The zero-order valence-electron chi connectivity index (χ0n) is 12.0. The van der Waals surface area contributed by atoms with Crippen LogP contribution in [0.2, 0.25) is 0 Å². The van der Waals surface area contributed by atoms with Crippen LogP contribution in [0.4, 0.5) is 26.3 Å². The molecule has 1 fully saturated rings. The first-order valence-corrected chi connectivity index (χ1v) is 6.42. The lowest BCUT2D eigenvalue weighted by Crippen LogP contribution is -2.65. The second-order valence-electron chi connectivity index (χ2n) is 5.69. The average Bonchev–Trinajstić information content (AvgIpc) is 2.35. The third kappa shape index (κ3) is 2.74. The van der Waals surface area contributed by atoms with Gasteiger partial charge in [-0.1, -0.05) is 6.08 Å². The van der Waals surface area contributed by atoms with Gasteiger partial charge in [0.2, 0.25) is 5.71 Å². The second-order valence-corrected chi connectivity index (χ2v) is 5.69. The normalized spacial score (nSPS) is 34.6. The molecule has 2 aliphatic rings. The third-order valence-electron chi connectivity index (χ3n) is 3.82. The van der Waals surface area contributed by atoms with Crippen molar-refractivity contribution in [2.45, 2.75) is 30.2 Å². The van der Waals surface area contributed by atoms with Crippen LogP contribution in [-0.2, 0) is 4.74 Å². The van der Waals surface area contributed by atoms with Gasteiger partial charge in [0.1, 0.15) is 19.9 Å². The number of fused-ring (bicyclic) bond motifs is 1. The molecule has 2 rings (SSSR count). The fraction of sp³-hybridized carbons (Fsp3) is 0.615. The number of hydrogen-bond acceptors (Lipinski definition) is 3. The Morgan fingerprint density at radius 1 is 1.13 bits per heavy atom. The molecule has 0 bridgehead atoms. The SMILES string of the molecule is C[N+](C)=C1C=CC2C(=C1)O[C@](O)(C(F)(F)F)C[C@]2(O)C(F)(F)F. The lowest BCUT2D eigenvalue weighted by atomic mass is 9.75. The highest BCUT2D eigenvalue weighted by atomic mass is 19.4. The van der Waals surface area contributed by atoms with Crippen LogP contribution in [0.5, 0.6) is 0 Å². The van der Waals surface area contributed by atoms with E-state index in [4.69, 9.17) is 0 Å². The number of hydrogen-bond donors (Lipinski definition) is 2. The van der Waals surface area contributed by atoms with Gasteiger partial charge in [0.15, 0.2) is 5.60 Å². The van der Waals surface area contributed by atoms with Crippen LogP contribution in [0.3, 0.4) is 0 Å². The van der Waals surface area contributed by atoms with Crippen LogP contribution < -0.4 is 0 Å². The molecular formula is C13H14F6NO3+. The maximum absolute atomic E-state index is 13.2. The maximum Gasteiger partial charge on any atom is 0.455 e. The molecule has 10 heteroatoms. The van der Waals surface area contributed by atoms with Crippen LogP contribution in [-0.4, -0.2) is 58.3 Å². The first kappa shape index (κ1) is 17.8. The van der Waals surface area contributed by atoms with Crippen LogP contribution >= 0.6 is 0 Å². The molecule has 1 aliphatic carbocycles. The topological polar surface area (TPSA) is 52.7 Å². The summed E-state index contributed by atoms with van der Waals surface area (Å²) in [4.78, 5) is 0. The molecule has 1 heterocycles. The fourth-order valence-electron chi connectivity index (χ4n) is 2.48. The summed E-state index contributed by atoms with van der Waals surface area (Å²) in [6.07, 6.45) is -9.93. The minimum atomic E-state index is -5.52. The number of allylic oxidation sites excluding steroid dienone is 2. The quantitative estimate of drug-likeness (QED) is 0.519. The number of ether oxygens (including phenoxy) is 1. The van der Waals surface area contributed by atoms with Gasteiger partial charge < -0.3 is 14.9 Å². The highest BCUT2D eigenvalue weighted by molar-refractivity contribution is 6.01. The Kier molecular flexibility index (Phi) is 3.85. The number of halogens is 6. The van der Waals surface area contributed by atoms with Crippen molar-refractivity contribution in [1.82, 2.24) is 0 Å². The van der Waals surface area contributed by atoms with Crippen LogP contribution in [0, 0.1) is 5.92 Å². The van der Waals surface area contributed by atoms with Crippen molar-refractivity contribution in [3.05, 3.63) is 24.0 Å².